The smallest absolute Gasteiger partial charge is 0.328 e. The summed E-state index contributed by atoms with van der Waals surface area (Å²) >= 11 is 5.99. The Balaban J connectivity index is 1.41. The van der Waals surface area contributed by atoms with E-state index in [-0.39, 0.29) is 30.9 Å². The monoisotopic (exact) mass is 453 g/mol. The van der Waals surface area contributed by atoms with Crippen LogP contribution in [0.4, 0.5) is 10.5 Å². The number of nitrogens with one attached hydrogen (secondary N) is 1. The number of anilines is 1. The van der Waals surface area contributed by atoms with E-state index in [2.05, 4.69) is 46.3 Å². The van der Waals surface area contributed by atoms with Crippen molar-refractivity contribution in [3.63, 3.8) is 0 Å². The second-order valence-corrected chi connectivity index (χ2v) is 9.12. The molecule has 7 nitrogen and oxygen atoms in total. The first-order valence-electron chi connectivity index (χ1n) is 11.2. The molecular formula is C24H28ClN5O2. The van der Waals surface area contributed by atoms with Gasteiger partial charge in [0.05, 0.1) is 6.54 Å². The highest BCUT2D eigenvalue weighted by Gasteiger charge is 2.56. The number of carbonyl (C=O) groups excluding carboxylic acids is 2. The van der Waals surface area contributed by atoms with Gasteiger partial charge in [0, 0.05) is 30.8 Å². The van der Waals surface area contributed by atoms with Gasteiger partial charge in [-0.1, -0.05) is 42.8 Å². The van der Waals surface area contributed by atoms with Gasteiger partial charge in [0.25, 0.3) is 5.91 Å². The maximum atomic E-state index is 13.6. The first-order valence-corrected chi connectivity index (χ1v) is 11.6. The van der Waals surface area contributed by atoms with Crippen LogP contribution < -0.4 is 10.2 Å². The van der Waals surface area contributed by atoms with Crippen molar-refractivity contribution in [2.45, 2.75) is 44.8 Å². The van der Waals surface area contributed by atoms with Gasteiger partial charge >= 0.3 is 6.03 Å². The molecule has 3 saturated heterocycles. The summed E-state index contributed by atoms with van der Waals surface area (Å²) < 4.78 is 0. The molecule has 5 rings (SSSR count). The fourth-order valence-corrected chi connectivity index (χ4v) is 5.15. The number of nitrogens with zero attached hydrogens (tertiary/aromatic N) is 4. The van der Waals surface area contributed by atoms with Crippen LogP contribution in [0.3, 0.4) is 0 Å². The minimum absolute atomic E-state index is 0.124. The lowest BCUT2D eigenvalue weighted by atomic mass is 10.1. The van der Waals surface area contributed by atoms with Gasteiger partial charge in [0.15, 0.2) is 0 Å². The highest BCUT2D eigenvalue weighted by Crippen LogP contribution is 2.33. The van der Waals surface area contributed by atoms with Gasteiger partial charge in [-0.3, -0.25) is 19.9 Å². The van der Waals surface area contributed by atoms with Crippen LogP contribution in [0.5, 0.6) is 0 Å². The molecule has 0 bridgehead atoms. The van der Waals surface area contributed by atoms with Crippen LogP contribution in [0.15, 0.2) is 48.5 Å². The fourth-order valence-electron chi connectivity index (χ4n) is 5.02. The summed E-state index contributed by atoms with van der Waals surface area (Å²) in [5.74, 6) is -0.147. The zero-order valence-electron chi connectivity index (χ0n) is 18.4. The third-order valence-corrected chi connectivity index (χ3v) is 7.05. The summed E-state index contributed by atoms with van der Waals surface area (Å²) in [6.45, 7) is 4.10. The molecule has 0 saturated carbocycles. The number of likely N-dealkylation sites (N-methyl/N-ethyl adjacent to an activating group) is 1. The number of imide groups is 1. The maximum absolute atomic E-state index is 13.6. The van der Waals surface area contributed by atoms with E-state index in [0.29, 0.717) is 5.02 Å². The van der Waals surface area contributed by atoms with E-state index in [4.69, 9.17) is 11.6 Å². The van der Waals surface area contributed by atoms with Crippen molar-refractivity contribution in [2.24, 2.45) is 0 Å². The summed E-state index contributed by atoms with van der Waals surface area (Å²) in [5, 5.41) is 4.20. The van der Waals surface area contributed by atoms with Crippen LogP contribution in [0.2, 0.25) is 5.02 Å². The largest absolute Gasteiger partial charge is 0.343 e. The second kappa shape index (κ2) is 8.39. The Bertz CT molecular complexity index is 1010. The van der Waals surface area contributed by atoms with Crippen molar-refractivity contribution >= 4 is 29.2 Å². The van der Waals surface area contributed by atoms with Crippen LogP contribution in [0, 0.1) is 0 Å². The molecule has 3 atom stereocenters. The number of hydrogen-bond donors (Lipinski definition) is 1. The Labute approximate surface area is 193 Å². The molecule has 3 aliphatic rings. The first kappa shape index (κ1) is 21.2. The Morgan fingerprint density at radius 2 is 1.69 bits per heavy atom. The van der Waals surface area contributed by atoms with Gasteiger partial charge < -0.3 is 9.80 Å². The summed E-state index contributed by atoms with van der Waals surface area (Å²) in [6, 6.07) is 15.2. The van der Waals surface area contributed by atoms with Gasteiger partial charge in [0.2, 0.25) is 0 Å². The number of fused-ring (bicyclic) bond motifs is 3. The van der Waals surface area contributed by atoms with Crippen molar-refractivity contribution in [3.8, 4) is 0 Å². The molecular weight excluding hydrogens is 426 g/mol. The number of amides is 3. The third kappa shape index (κ3) is 3.54. The number of halogens is 1. The van der Waals surface area contributed by atoms with Crippen molar-refractivity contribution in [1.29, 1.82) is 0 Å². The molecule has 0 radical (unpaired) electrons. The molecule has 168 valence electrons. The maximum Gasteiger partial charge on any atom is 0.328 e. The molecule has 3 unspecified atom stereocenters. The Kier molecular flexibility index (Phi) is 5.57. The van der Waals surface area contributed by atoms with Crippen LogP contribution >= 0.6 is 11.6 Å². The molecule has 0 spiro atoms. The number of benzene rings is 2. The highest BCUT2D eigenvalue weighted by molar-refractivity contribution is 6.30. The minimum atomic E-state index is -0.410. The van der Waals surface area contributed by atoms with E-state index in [9.17, 15) is 9.59 Å². The zero-order valence-corrected chi connectivity index (χ0v) is 19.1. The van der Waals surface area contributed by atoms with Gasteiger partial charge in [-0.15, -0.1) is 0 Å². The third-order valence-electron chi connectivity index (χ3n) is 6.80. The molecule has 0 aromatic heterocycles. The standard InChI is InChI=1S/C24H28ClN5O2/c1-3-16-7-11-19(12-8-16)28-13-4-14-29-20-21(26-23(28)29)27(2)24(32)30(22(20)31)15-17-5-9-18(25)10-6-17/h5-12,20-21,23,26H,3-4,13-15H2,1-2H3. The summed E-state index contributed by atoms with van der Waals surface area (Å²) in [5.41, 5.74) is 3.30. The lowest BCUT2D eigenvalue weighted by molar-refractivity contribution is -0.139. The molecule has 3 aliphatic heterocycles. The number of rotatable bonds is 4. The predicted molar refractivity (Wildman–Crippen MR) is 124 cm³/mol. The minimum Gasteiger partial charge on any atom is -0.343 e. The molecule has 3 amide bonds. The molecule has 3 heterocycles. The van der Waals surface area contributed by atoms with Crippen molar-refractivity contribution in [2.75, 3.05) is 25.0 Å². The van der Waals surface area contributed by atoms with E-state index < -0.39 is 6.04 Å². The molecule has 8 heteroatoms. The predicted octanol–water partition coefficient (Wildman–Crippen LogP) is 3.09. The summed E-state index contributed by atoms with van der Waals surface area (Å²) in [4.78, 5) is 34.2. The SMILES string of the molecule is CCc1ccc(N2CCCN3C4C(=O)N(Cc5ccc(Cl)cc5)C(=O)N(C)C4NC23)cc1. The van der Waals surface area contributed by atoms with Crippen LogP contribution in [0.25, 0.3) is 0 Å². The first-order chi connectivity index (χ1) is 15.5. The molecule has 2 aromatic rings. The van der Waals surface area contributed by atoms with Gasteiger partial charge in [-0.05, 0) is 48.2 Å². The summed E-state index contributed by atoms with van der Waals surface area (Å²) in [6.07, 6.45) is 1.49. The van der Waals surface area contributed by atoms with Crippen molar-refractivity contribution < 1.29 is 9.59 Å². The molecule has 32 heavy (non-hydrogen) atoms. The topological polar surface area (TPSA) is 59.1 Å². The van der Waals surface area contributed by atoms with Crippen LogP contribution in [0.1, 0.15) is 24.5 Å². The average Bonchev–Trinajstić information content (AvgIpc) is 3.22. The van der Waals surface area contributed by atoms with E-state index in [0.717, 1.165) is 37.2 Å². The Hall–Kier alpha value is -2.61. The molecule has 2 aromatic carbocycles. The lowest BCUT2D eigenvalue weighted by Gasteiger charge is -2.44. The Morgan fingerprint density at radius 1 is 1.00 bits per heavy atom. The number of urea groups is 1. The van der Waals surface area contributed by atoms with Gasteiger partial charge in [0.1, 0.15) is 18.5 Å². The molecule has 1 N–H and O–H groups in total. The van der Waals surface area contributed by atoms with Crippen molar-refractivity contribution in [1.82, 2.24) is 20.0 Å². The Morgan fingerprint density at radius 3 is 2.38 bits per heavy atom. The lowest BCUT2D eigenvalue weighted by Crippen LogP contribution is -2.66. The zero-order chi connectivity index (χ0) is 22.4. The van der Waals surface area contributed by atoms with Crippen LogP contribution in [-0.2, 0) is 17.8 Å². The second-order valence-electron chi connectivity index (χ2n) is 8.68. The quantitative estimate of drug-likeness (QED) is 0.771. The van der Waals surface area contributed by atoms with Gasteiger partial charge in [-0.25, -0.2) is 4.79 Å². The number of carbonyl (C=O) groups is 2. The summed E-state index contributed by atoms with van der Waals surface area (Å²) in [7, 11) is 1.77. The molecule has 0 aliphatic carbocycles. The average molecular weight is 454 g/mol. The number of hydrogen-bond acceptors (Lipinski definition) is 5. The van der Waals surface area contributed by atoms with Crippen LogP contribution in [-0.4, -0.2) is 65.3 Å². The van der Waals surface area contributed by atoms with Crippen molar-refractivity contribution in [3.05, 3.63) is 64.7 Å². The molecule has 3 fully saturated rings. The van der Waals surface area contributed by atoms with E-state index in [1.165, 1.54) is 10.5 Å². The highest BCUT2D eigenvalue weighted by atomic mass is 35.5. The van der Waals surface area contributed by atoms with E-state index >= 15 is 0 Å². The van der Waals surface area contributed by atoms with E-state index in [1.807, 2.05) is 12.1 Å². The van der Waals surface area contributed by atoms with Gasteiger partial charge in [-0.2, -0.15) is 0 Å². The normalized spacial score (nSPS) is 25.8. The van der Waals surface area contributed by atoms with E-state index in [1.54, 1.807) is 24.1 Å². The fraction of sp³-hybridized carbons (Fsp3) is 0.417. The number of aryl methyl sites for hydroxylation is 1.